The molecule has 1 atom stereocenters. The van der Waals surface area contributed by atoms with Crippen LogP contribution >= 0.6 is 0 Å². The average molecular weight is 366 g/mol. The highest BCUT2D eigenvalue weighted by Crippen LogP contribution is 2.24. The Hall–Kier alpha value is -2.53. The maximum atomic E-state index is 12.4. The summed E-state index contributed by atoms with van der Waals surface area (Å²) in [6, 6.07) is 17.6. The highest BCUT2D eigenvalue weighted by Gasteiger charge is 2.31. The van der Waals surface area contributed by atoms with Crippen LogP contribution in [0.1, 0.15) is 19.3 Å². The minimum atomic E-state index is 0.0707. The van der Waals surface area contributed by atoms with Crippen LogP contribution < -0.4 is 9.47 Å². The van der Waals surface area contributed by atoms with Gasteiger partial charge in [0.25, 0.3) is 5.91 Å². The van der Waals surface area contributed by atoms with E-state index in [2.05, 4.69) is 4.90 Å². The minimum Gasteiger partial charge on any atom is -0.484 e. The van der Waals surface area contributed by atoms with Crippen molar-refractivity contribution in [2.75, 3.05) is 32.8 Å². The summed E-state index contributed by atoms with van der Waals surface area (Å²) in [6.07, 6.45) is 3.66. The second kappa shape index (κ2) is 8.44. The topological polar surface area (TPSA) is 42.0 Å². The van der Waals surface area contributed by atoms with Crippen molar-refractivity contribution in [2.45, 2.75) is 25.3 Å². The van der Waals surface area contributed by atoms with Crippen LogP contribution in [0, 0.1) is 0 Å². The van der Waals surface area contributed by atoms with Gasteiger partial charge in [-0.25, -0.2) is 0 Å². The van der Waals surface area contributed by atoms with Gasteiger partial charge in [-0.1, -0.05) is 18.2 Å². The molecule has 2 aliphatic heterocycles. The first-order chi connectivity index (χ1) is 13.3. The molecular weight excluding hydrogens is 340 g/mol. The number of amides is 1. The van der Waals surface area contributed by atoms with Crippen molar-refractivity contribution in [2.24, 2.45) is 0 Å². The molecule has 1 unspecified atom stereocenters. The maximum Gasteiger partial charge on any atom is 0.260 e. The summed E-state index contributed by atoms with van der Waals surface area (Å²) in [7, 11) is 0. The lowest BCUT2D eigenvalue weighted by Gasteiger charge is -2.23. The Kier molecular flexibility index (Phi) is 5.58. The molecule has 0 aromatic heterocycles. The lowest BCUT2D eigenvalue weighted by atomic mass is 10.2. The van der Waals surface area contributed by atoms with Crippen LogP contribution in [-0.2, 0) is 4.79 Å². The molecule has 0 spiro atoms. The molecule has 0 N–H and O–H groups in total. The Labute approximate surface area is 160 Å². The summed E-state index contributed by atoms with van der Waals surface area (Å²) in [6.45, 7) is 4.13. The third-order valence-electron chi connectivity index (χ3n) is 5.34. The van der Waals surface area contributed by atoms with Gasteiger partial charge in [0, 0.05) is 19.1 Å². The van der Waals surface area contributed by atoms with Crippen LogP contribution in [0.25, 0.3) is 0 Å². The molecule has 5 heteroatoms. The van der Waals surface area contributed by atoms with Crippen molar-refractivity contribution in [1.82, 2.24) is 9.80 Å². The van der Waals surface area contributed by atoms with Gasteiger partial charge in [-0.15, -0.1) is 0 Å². The van der Waals surface area contributed by atoms with E-state index in [-0.39, 0.29) is 12.5 Å². The predicted octanol–water partition coefficient (Wildman–Crippen LogP) is 3.55. The zero-order valence-corrected chi connectivity index (χ0v) is 15.5. The Balaban J connectivity index is 1.24. The van der Waals surface area contributed by atoms with Crippen molar-refractivity contribution in [1.29, 1.82) is 0 Å². The van der Waals surface area contributed by atoms with E-state index in [0.29, 0.717) is 11.8 Å². The SMILES string of the molecule is O=C(COc1ccc(Oc2ccccc2)cc1)N1CCC(N2CCCC2)C1. The number of rotatable bonds is 6. The van der Waals surface area contributed by atoms with E-state index in [1.54, 1.807) is 0 Å². The van der Waals surface area contributed by atoms with E-state index in [9.17, 15) is 4.79 Å². The Bertz CT molecular complexity index is 742. The molecule has 2 aromatic carbocycles. The Morgan fingerprint density at radius 1 is 0.889 bits per heavy atom. The van der Waals surface area contributed by atoms with Gasteiger partial charge in [-0.2, -0.15) is 0 Å². The van der Waals surface area contributed by atoms with Crippen molar-refractivity contribution in [3.05, 3.63) is 54.6 Å². The number of nitrogens with zero attached hydrogens (tertiary/aromatic N) is 2. The smallest absolute Gasteiger partial charge is 0.260 e. The summed E-state index contributed by atoms with van der Waals surface area (Å²) in [5.74, 6) is 2.29. The molecule has 0 bridgehead atoms. The number of ether oxygens (including phenoxy) is 2. The minimum absolute atomic E-state index is 0.0707. The van der Waals surface area contributed by atoms with Crippen LogP contribution in [0.15, 0.2) is 54.6 Å². The van der Waals surface area contributed by atoms with Gasteiger partial charge >= 0.3 is 0 Å². The van der Waals surface area contributed by atoms with Gasteiger partial charge in [-0.05, 0) is 68.8 Å². The van der Waals surface area contributed by atoms with Gasteiger partial charge in [-0.3, -0.25) is 9.69 Å². The molecule has 2 aromatic rings. The molecule has 4 rings (SSSR count). The zero-order chi connectivity index (χ0) is 18.5. The Morgan fingerprint density at radius 3 is 2.30 bits per heavy atom. The molecule has 0 saturated carbocycles. The summed E-state index contributed by atoms with van der Waals surface area (Å²) < 4.78 is 11.5. The van der Waals surface area contributed by atoms with Crippen LogP contribution in [-0.4, -0.2) is 54.5 Å². The van der Waals surface area contributed by atoms with Gasteiger partial charge in [0.05, 0.1) is 0 Å². The zero-order valence-electron chi connectivity index (χ0n) is 15.5. The molecule has 5 nitrogen and oxygen atoms in total. The predicted molar refractivity (Wildman–Crippen MR) is 104 cm³/mol. The van der Waals surface area contributed by atoms with Gasteiger partial charge in [0.2, 0.25) is 0 Å². The number of benzene rings is 2. The third-order valence-corrected chi connectivity index (χ3v) is 5.34. The summed E-state index contributed by atoms with van der Waals surface area (Å²) in [4.78, 5) is 16.9. The van der Waals surface area contributed by atoms with E-state index in [1.165, 1.54) is 25.9 Å². The third kappa shape index (κ3) is 4.61. The molecule has 2 heterocycles. The van der Waals surface area contributed by atoms with Crippen LogP contribution in [0.5, 0.6) is 17.2 Å². The standard InChI is InChI=1S/C22H26N2O3/c25-22(24-15-12-18(16-24)23-13-4-5-14-23)17-26-19-8-10-21(11-9-19)27-20-6-2-1-3-7-20/h1-3,6-11,18H,4-5,12-17H2. The fraction of sp³-hybridized carbons (Fsp3) is 0.409. The number of hydrogen-bond acceptors (Lipinski definition) is 4. The second-order valence-electron chi connectivity index (χ2n) is 7.20. The van der Waals surface area contributed by atoms with Crippen molar-refractivity contribution < 1.29 is 14.3 Å². The number of hydrogen-bond donors (Lipinski definition) is 0. The van der Waals surface area contributed by atoms with E-state index in [4.69, 9.17) is 9.47 Å². The van der Waals surface area contributed by atoms with Crippen molar-refractivity contribution in [3.63, 3.8) is 0 Å². The molecule has 2 fully saturated rings. The van der Waals surface area contributed by atoms with Crippen molar-refractivity contribution >= 4 is 5.91 Å². The highest BCUT2D eigenvalue weighted by atomic mass is 16.5. The molecule has 2 aliphatic rings. The quantitative estimate of drug-likeness (QED) is 0.784. The first-order valence-corrected chi connectivity index (χ1v) is 9.75. The van der Waals surface area contributed by atoms with Gasteiger partial charge < -0.3 is 14.4 Å². The van der Waals surface area contributed by atoms with E-state index in [0.717, 1.165) is 31.0 Å². The molecular formula is C22H26N2O3. The number of carbonyl (C=O) groups is 1. The van der Waals surface area contributed by atoms with Crippen LogP contribution in [0.4, 0.5) is 0 Å². The lowest BCUT2D eigenvalue weighted by Crippen LogP contribution is -2.38. The lowest BCUT2D eigenvalue weighted by molar-refractivity contribution is -0.132. The first-order valence-electron chi connectivity index (χ1n) is 9.75. The van der Waals surface area contributed by atoms with Crippen LogP contribution in [0.3, 0.4) is 0 Å². The van der Waals surface area contributed by atoms with Gasteiger partial charge in [0.15, 0.2) is 6.61 Å². The number of likely N-dealkylation sites (tertiary alicyclic amines) is 2. The summed E-state index contributed by atoms with van der Waals surface area (Å²) >= 11 is 0. The first kappa shape index (κ1) is 17.9. The van der Waals surface area contributed by atoms with E-state index < -0.39 is 0 Å². The monoisotopic (exact) mass is 366 g/mol. The largest absolute Gasteiger partial charge is 0.484 e. The second-order valence-corrected chi connectivity index (χ2v) is 7.20. The summed E-state index contributed by atoms with van der Waals surface area (Å²) in [5.41, 5.74) is 0. The van der Waals surface area contributed by atoms with Gasteiger partial charge in [0.1, 0.15) is 17.2 Å². The Morgan fingerprint density at radius 2 is 1.56 bits per heavy atom. The molecule has 1 amide bonds. The molecule has 0 aliphatic carbocycles. The number of para-hydroxylation sites is 1. The highest BCUT2D eigenvalue weighted by molar-refractivity contribution is 5.78. The molecule has 0 radical (unpaired) electrons. The fourth-order valence-electron chi connectivity index (χ4n) is 3.84. The number of carbonyl (C=O) groups excluding carboxylic acids is 1. The van der Waals surface area contributed by atoms with E-state index in [1.807, 2.05) is 59.5 Å². The van der Waals surface area contributed by atoms with Crippen molar-refractivity contribution in [3.8, 4) is 17.2 Å². The fourth-order valence-corrected chi connectivity index (χ4v) is 3.84. The maximum absolute atomic E-state index is 12.4. The molecule has 2 saturated heterocycles. The average Bonchev–Trinajstić information content (AvgIpc) is 3.40. The molecule has 142 valence electrons. The summed E-state index contributed by atoms with van der Waals surface area (Å²) in [5, 5.41) is 0. The van der Waals surface area contributed by atoms with Crippen LogP contribution in [0.2, 0.25) is 0 Å². The van der Waals surface area contributed by atoms with E-state index >= 15 is 0 Å². The molecule has 27 heavy (non-hydrogen) atoms. The normalized spacial score (nSPS) is 20.0.